The van der Waals surface area contributed by atoms with Crippen molar-refractivity contribution in [2.75, 3.05) is 0 Å². The summed E-state index contributed by atoms with van der Waals surface area (Å²) in [6, 6.07) is 6.34. The van der Waals surface area contributed by atoms with Gasteiger partial charge in [0, 0.05) is 23.7 Å². The molecule has 2 aromatic rings. The summed E-state index contributed by atoms with van der Waals surface area (Å²) < 4.78 is 2.11. The normalized spacial score (nSPS) is 21.0. The third-order valence-corrected chi connectivity index (χ3v) is 5.56. The molecule has 1 aromatic carbocycles. The largest absolute Gasteiger partial charge is 0.349 e. The summed E-state index contributed by atoms with van der Waals surface area (Å²) in [4.78, 5) is 25.6. The highest BCUT2D eigenvalue weighted by atomic mass is 16.2. The van der Waals surface area contributed by atoms with Crippen molar-refractivity contribution < 1.29 is 4.79 Å². The lowest BCUT2D eigenvalue weighted by Gasteiger charge is -2.17. The van der Waals surface area contributed by atoms with Crippen LogP contribution in [0.2, 0.25) is 0 Å². The second-order valence-corrected chi connectivity index (χ2v) is 7.31. The number of nitrogens with one attached hydrogen (secondary N) is 1. The maximum atomic E-state index is 12.8. The van der Waals surface area contributed by atoms with Crippen LogP contribution in [0.4, 0.5) is 0 Å². The van der Waals surface area contributed by atoms with E-state index in [1.54, 1.807) is 6.20 Å². The molecule has 0 spiro atoms. The molecule has 1 aliphatic carbocycles. The second-order valence-electron chi connectivity index (χ2n) is 7.31. The zero-order valence-corrected chi connectivity index (χ0v) is 14.2. The number of carbonyl (C=O) groups excluding carboxylic acids is 1. The summed E-state index contributed by atoms with van der Waals surface area (Å²) in [7, 11) is 0. The van der Waals surface area contributed by atoms with E-state index in [0.717, 1.165) is 37.6 Å². The van der Waals surface area contributed by atoms with Gasteiger partial charge >= 0.3 is 0 Å². The van der Waals surface area contributed by atoms with E-state index >= 15 is 0 Å². The molecule has 0 unspecified atom stereocenters. The predicted octanol–water partition coefficient (Wildman–Crippen LogP) is 3.57. The minimum Gasteiger partial charge on any atom is -0.349 e. The number of rotatable bonds is 2. The van der Waals surface area contributed by atoms with Gasteiger partial charge in [0.1, 0.15) is 5.56 Å². The highest BCUT2D eigenvalue weighted by Crippen LogP contribution is 2.30. The number of benzene rings is 1. The Morgan fingerprint density at radius 2 is 1.92 bits per heavy atom. The molecule has 4 nitrogen and oxygen atoms in total. The monoisotopic (exact) mass is 324 g/mol. The van der Waals surface area contributed by atoms with Crippen LogP contribution in [0.25, 0.3) is 10.9 Å². The fourth-order valence-corrected chi connectivity index (χ4v) is 4.26. The van der Waals surface area contributed by atoms with Crippen LogP contribution in [0.3, 0.4) is 0 Å². The van der Waals surface area contributed by atoms with Gasteiger partial charge in [-0.2, -0.15) is 0 Å². The number of nitrogens with zero attached hydrogens (tertiary/aromatic N) is 1. The number of aromatic nitrogens is 1. The number of para-hydroxylation sites is 1. The summed E-state index contributed by atoms with van der Waals surface area (Å²) >= 11 is 0. The average molecular weight is 324 g/mol. The average Bonchev–Trinajstić information content (AvgIpc) is 2.75. The molecule has 0 bridgehead atoms. The van der Waals surface area contributed by atoms with E-state index in [2.05, 4.69) is 22.9 Å². The molecule has 0 saturated heterocycles. The van der Waals surface area contributed by atoms with Gasteiger partial charge in [-0.25, -0.2) is 0 Å². The highest BCUT2D eigenvalue weighted by molar-refractivity contribution is 5.98. The van der Waals surface area contributed by atoms with Gasteiger partial charge in [0.2, 0.25) is 5.43 Å². The molecule has 4 heteroatoms. The molecule has 24 heavy (non-hydrogen) atoms. The van der Waals surface area contributed by atoms with Crippen molar-refractivity contribution in [2.45, 2.75) is 64.0 Å². The summed E-state index contributed by atoms with van der Waals surface area (Å²) in [6.07, 6.45) is 9.55. The minimum absolute atomic E-state index is 0.136. The van der Waals surface area contributed by atoms with Crippen LogP contribution in [-0.4, -0.2) is 16.5 Å². The second kappa shape index (κ2) is 6.08. The first-order valence-corrected chi connectivity index (χ1v) is 9.13. The van der Waals surface area contributed by atoms with Gasteiger partial charge in [0.15, 0.2) is 0 Å². The molecule has 1 aromatic heterocycles. The Balaban J connectivity index is 1.71. The molecule has 1 amide bonds. The fraction of sp³-hybridized carbons (Fsp3) is 0.500. The molecule has 1 fully saturated rings. The molecule has 1 aliphatic heterocycles. The lowest BCUT2D eigenvalue weighted by molar-refractivity contribution is 0.0931. The van der Waals surface area contributed by atoms with Crippen LogP contribution in [0.5, 0.6) is 0 Å². The lowest BCUT2D eigenvalue weighted by Crippen LogP contribution is -2.37. The first-order chi connectivity index (χ1) is 11.6. The maximum absolute atomic E-state index is 12.8. The SMILES string of the molecule is C[C@H]1Cc2cccc3c(=O)c(C(=O)NC4CCCCCC4)cn1c23. The zero-order valence-electron chi connectivity index (χ0n) is 14.2. The molecular formula is C20H24N2O2. The quantitative estimate of drug-likeness (QED) is 0.859. The Morgan fingerprint density at radius 3 is 2.67 bits per heavy atom. The maximum Gasteiger partial charge on any atom is 0.256 e. The number of carbonyl (C=O) groups is 1. The smallest absolute Gasteiger partial charge is 0.256 e. The number of hydrogen-bond donors (Lipinski definition) is 1. The standard InChI is InChI=1S/C20H24N2O2/c1-13-11-14-7-6-10-16-18(14)22(13)12-17(19(16)23)20(24)21-15-8-4-2-3-5-9-15/h6-7,10,12-13,15H,2-5,8-9,11H2,1H3,(H,21,24)/t13-/m0/s1. The highest BCUT2D eigenvalue weighted by Gasteiger charge is 2.25. The van der Waals surface area contributed by atoms with E-state index in [4.69, 9.17) is 0 Å². The Bertz CT molecular complexity index is 845. The van der Waals surface area contributed by atoms with Gasteiger partial charge in [0.25, 0.3) is 5.91 Å². The van der Waals surface area contributed by atoms with Gasteiger partial charge < -0.3 is 9.88 Å². The van der Waals surface area contributed by atoms with Crippen LogP contribution in [0, 0.1) is 0 Å². The van der Waals surface area contributed by atoms with E-state index in [0.29, 0.717) is 5.39 Å². The van der Waals surface area contributed by atoms with E-state index in [1.165, 1.54) is 18.4 Å². The third-order valence-electron chi connectivity index (χ3n) is 5.56. The van der Waals surface area contributed by atoms with Crippen LogP contribution in [-0.2, 0) is 6.42 Å². The first kappa shape index (κ1) is 15.4. The molecule has 0 radical (unpaired) electrons. The third kappa shape index (κ3) is 2.54. The Morgan fingerprint density at radius 1 is 1.17 bits per heavy atom. The minimum atomic E-state index is -0.206. The summed E-state index contributed by atoms with van der Waals surface area (Å²) in [5.74, 6) is -0.206. The van der Waals surface area contributed by atoms with E-state index in [-0.39, 0.29) is 29.0 Å². The summed E-state index contributed by atoms with van der Waals surface area (Å²) in [5.41, 5.74) is 2.36. The number of amides is 1. The molecule has 126 valence electrons. The van der Waals surface area contributed by atoms with Crippen LogP contribution >= 0.6 is 0 Å². The zero-order chi connectivity index (χ0) is 16.7. The topological polar surface area (TPSA) is 51.1 Å². The van der Waals surface area contributed by atoms with Gasteiger partial charge in [-0.1, -0.05) is 37.8 Å². The van der Waals surface area contributed by atoms with Crippen molar-refractivity contribution in [3.05, 3.63) is 45.7 Å². The molecule has 2 heterocycles. The Labute approximate surface area is 141 Å². The van der Waals surface area contributed by atoms with E-state index in [9.17, 15) is 9.59 Å². The molecule has 1 atom stereocenters. The van der Waals surface area contributed by atoms with Crippen LogP contribution in [0.15, 0.2) is 29.2 Å². The fourth-order valence-electron chi connectivity index (χ4n) is 4.26. The molecule has 2 aliphatic rings. The van der Waals surface area contributed by atoms with Crippen LogP contribution < -0.4 is 10.7 Å². The number of hydrogen-bond acceptors (Lipinski definition) is 2. The molecular weight excluding hydrogens is 300 g/mol. The van der Waals surface area contributed by atoms with Crippen molar-refractivity contribution in [3.8, 4) is 0 Å². The van der Waals surface area contributed by atoms with Gasteiger partial charge in [-0.05, 0) is 37.8 Å². The van der Waals surface area contributed by atoms with Gasteiger partial charge in [0.05, 0.1) is 5.52 Å². The van der Waals surface area contributed by atoms with Crippen molar-refractivity contribution in [2.24, 2.45) is 0 Å². The predicted molar refractivity (Wildman–Crippen MR) is 95.6 cm³/mol. The van der Waals surface area contributed by atoms with Crippen LogP contribution in [0.1, 0.15) is 67.4 Å². The Hall–Kier alpha value is -2.10. The van der Waals surface area contributed by atoms with E-state index < -0.39 is 0 Å². The number of pyridine rings is 1. The molecule has 1 N–H and O–H groups in total. The van der Waals surface area contributed by atoms with Crippen molar-refractivity contribution in [1.29, 1.82) is 0 Å². The molecule has 4 rings (SSSR count). The van der Waals surface area contributed by atoms with Crippen molar-refractivity contribution in [3.63, 3.8) is 0 Å². The van der Waals surface area contributed by atoms with E-state index in [1.807, 2.05) is 12.1 Å². The summed E-state index contributed by atoms with van der Waals surface area (Å²) in [5, 5.41) is 3.78. The first-order valence-electron chi connectivity index (χ1n) is 9.13. The summed E-state index contributed by atoms with van der Waals surface area (Å²) in [6.45, 7) is 2.14. The lowest BCUT2D eigenvalue weighted by atomic mass is 10.1. The van der Waals surface area contributed by atoms with Crippen molar-refractivity contribution in [1.82, 2.24) is 9.88 Å². The molecule has 1 saturated carbocycles. The van der Waals surface area contributed by atoms with Crippen molar-refractivity contribution >= 4 is 16.8 Å². The van der Waals surface area contributed by atoms with Gasteiger partial charge in [-0.3, -0.25) is 9.59 Å². The Kier molecular flexibility index (Phi) is 3.91. The van der Waals surface area contributed by atoms with Gasteiger partial charge in [-0.15, -0.1) is 0 Å².